The van der Waals surface area contributed by atoms with Gasteiger partial charge in [0.2, 0.25) is 11.8 Å². The molecule has 194 valence electrons. The molecule has 3 aliphatic rings. The van der Waals surface area contributed by atoms with Gasteiger partial charge in [-0.1, -0.05) is 6.07 Å². The number of unbranched alkanes of at least 4 members (excludes halogenated alkanes) is 1. The van der Waals surface area contributed by atoms with Gasteiger partial charge in [0.25, 0.3) is 0 Å². The Hall–Kier alpha value is -3.28. The van der Waals surface area contributed by atoms with Gasteiger partial charge in [0.05, 0.1) is 12.3 Å². The fraction of sp³-hybridized carbons (Fsp3) is 0.500. The number of fused-ring (bicyclic) bond motifs is 2. The van der Waals surface area contributed by atoms with E-state index in [0.717, 1.165) is 24.9 Å². The highest BCUT2D eigenvalue weighted by atomic mass is 19.3. The van der Waals surface area contributed by atoms with E-state index in [1.54, 1.807) is 6.07 Å². The van der Waals surface area contributed by atoms with Crippen LogP contribution in [-0.2, 0) is 11.2 Å². The van der Waals surface area contributed by atoms with Crippen LogP contribution in [0, 0.1) is 0 Å². The maximum absolute atomic E-state index is 13.7. The second-order valence-corrected chi connectivity index (χ2v) is 8.93. The lowest BCUT2D eigenvalue weighted by molar-refractivity contribution is -0.391. The SMILES string of the molecule is O=C1CCc2ccc(OCCCCN3CCN(c4cccc5c4OC(F)(F)C(F)(F)O5)CC3)nc2N1. The molecule has 8 nitrogen and oxygen atoms in total. The van der Waals surface area contributed by atoms with Gasteiger partial charge in [-0.05, 0) is 49.6 Å². The molecule has 5 rings (SSSR count). The number of ether oxygens (including phenoxy) is 3. The molecule has 0 unspecified atom stereocenters. The summed E-state index contributed by atoms with van der Waals surface area (Å²) >= 11 is 0. The van der Waals surface area contributed by atoms with Gasteiger partial charge < -0.3 is 24.4 Å². The predicted octanol–water partition coefficient (Wildman–Crippen LogP) is 3.90. The van der Waals surface area contributed by atoms with Crippen LogP contribution in [0.15, 0.2) is 30.3 Å². The number of rotatable bonds is 7. The summed E-state index contributed by atoms with van der Waals surface area (Å²) < 4.78 is 68.8. The zero-order valence-electron chi connectivity index (χ0n) is 19.4. The number of halogens is 4. The second-order valence-electron chi connectivity index (χ2n) is 8.93. The quantitative estimate of drug-likeness (QED) is 0.447. The van der Waals surface area contributed by atoms with Crippen molar-refractivity contribution in [2.45, 2.75) is 37.9 Å². The maximum Gasteiger partial charge on any atom is 0.507 e. The fourth-order valence-corrected chi connectivity index (χ4v) is 4.45. The molecule has 1 aromatic carbocycles. The van der Waals surface area contributed by atoms with Crippen molar-refractivity contribution in [2.75, 3.05) is 49.5 Å². The van der Waals surface area contributed by atoms with Gasteiger partial charge in [-0.15, -0.1) is 0 Å². The van der Waals surface area contributed by atoms with Crippen molar-refractivity contribution in [1.29, 1.82) is 0 Å². The van der Waals surface area contributed by atoms with Crippen LogP contribution in [0.25, 0.3) is 0 Å². The maximum atomic E-state index is 13.7. The van der Waals surface area contributed by atoms with Crippen LogP contribution in [0.4, 0.5) is 29.1 Å². The van der Waals surface area contributed by atoms with Gasteiger partial charge in [-0.2, -0.15) is 22.5 Å². The minimum Gasteiger partial charge on any atom is -0.478 e. The number of piperazine rings is 1. The Morgan fingerprint density at radius 2 is 1.75 bits per heavy atom. The first-order valence-corrected chi connectivity index (χ1v) is 11.9. The molecular formula is C24H26F4N4O4. The van der Waals surface area contributed by atoms with Crippen LogP contribution < -0.4 is 24.4 Å². The lowest BCUT2D eigenvalue weighted by Gasteiger charge is -2.39. The summed E-state index contributed by atoms with van der Waals surface area (Å²) in [6.45, 7) is 3.76. The second kappa shape index (κ2) is 9.64. The van der Waals surface area contributed by atoms with E-state index in [0.29, 0.717) is 63.0 Å². The molecule has 36 heavy (non-hydrogen) atoms. The molecule has 0 spiro atoms. The van der Waals surface area contributed by atoms with Gasteiger partial charge in [0.1, 0.15) is 5.82 Å². The summed E-state index contributed by atoms with van der Waals surface area (Å²) in [7, 11) is 0. The molecule has 1 amide bonds. The molecule has 0 saturated carbocycles. The molecule has 1 fully saturated rings. The van der Waals surface area contributed by atoms with E-state index in [9.17, 15) is 22.4 Å². The lowest BCUT2D eigenvalue weighted by Crippen LogP contribution is -2.52. The highest BCUT2D eigenvalue weighted by molar-refractivity contribution is 5.92. The van der Waals surface area contributed by atoms with Crippen molar-refractivity contribution >= 4 is 17.4 Å². The average molecular weight is 510 g/mol. The van der Waals surface area contributed by atoms with Crippen LogP contribution in [0.5, 0.6) is 17.4 Å². The Bertz CT molecular complexity index is 1130. The Morgan fingerprint density at radius 3 is 2.56 bits per heavy atom. The third kappa shape index (κ3) is 4.99. The van der Waals surface area contributed by atoms with Crippen LogP contribution >= 0.6 is 0 Å². The largest absolute Gasteiger partial charge is 0.507 e. The lowest BCUT2D eigenvalue weighted by atomic mass is 10.1. The van der Waals surface area contributed by atoms with Crippen LogP contribution in [0.3, 0.4) is 0 Å². The number of hydrogen-bond donors (Lipinski definition) is 1. The first-order chi connectivity index (χ1) is 17.2. The van der Waals surface area contributed by atoms with E-state index in [2.05, 4.69) is 24.7 Å². The molecular weight excluding hydrogens is 484 g/mol. The summed E-state index contributed by atoms with van der Waals surface area (Å²) in [5.41, 5.74) is 1.31. The number of alkyl halides is 4. The molecule has 2 aromatic rings. The van der Waals surface area contributed by atoms with Gasteiger partial charge >= 0.3 is 12.2 Å². The fourth-order valence-electron chi connectivity index (χ4n) is 4.45. The van der Waals surface area contributed by atoms with Crippen molar-refractivity contribution in [3.63, 3.8) is 0 Å². The third-order valence-corrected chi connectivity index (χ3v) is 6.43. The first-order valence-electron chi connectivity index (χ1n) is 11.9. The molecule has 1 N–H and O–H groups in total. The molecule has 1 aromatic heterocycles. The summed E-state index contributed by atoms with van der Waals surface area (Å²) in [6.07, 6.45) is -6.63. The average Bonchev–Trinajstić information content (AvgIpc) is 2.84. The molecule has 0 radical (unpaired) electrons. The van der Waals surface area contributed by atoms with Gasteiger partial charge in [0.15, 0.2) is 11.5 Å². The highest BCUT2D eigenvalue weighted by Gasteiger charge is 2.66. The van der Waals surface area contributed by atoms with Gasteiger partial charge in [0, 0.05) is 38.7 Å². The van der Waals surface area contributed by atoms with E-state index >= 15 is 0 Å². The van der Waals surface area contributed by atoms with Crippen LogP contribution in [0.1, 0.15) is 24.8 Å². The van der Waals surface area contributed by atoms with E-state index in [-0.39, 0.29) is 11.7 Å². The Morgan fingerprint density at radius 1 is 0.972 bits per heavy atom. The molecule has 1 saturated heterocycles. The number of benzene rings is 1. The molecule has 12 heteroatoms. The predicted molar refractivity (Wildman–Crippen MR) is 122 cm³/mol. The number of aryl methyl sites for hydroxylation is 1. The van der Waals surface area contributed by atoms with Crippen molar-refractivity contribution in [3.05, 3.63) is 35.9 Å². The molecule has 0 bridgehead atoms. The summed E-state index contributed by atoms with van der Waals surface area (Å²) in [4.78, 5) is 20.0. The number of pyridine rings is 1. The summed E-state index contributed by atoms with van der Waals surface area (Å²) in [5, 5.41) is 2.76. The first kappa shape index (κ1) is 24.4. The standard InChI is InChI=1S/C24H26F4N4O4/c25-23(26)24(27,28)36-21-17(4-3-5-18(21)35-23)32-13-11-31(12-14-32)10-1-2-15-34-20-9-7-16-6-8-19(33)29-22(16)30-20/h3-5,7,9H,1-2,6,8,10-15H2,(H,29,30,33). The molecule has 4 heterocycles. The molecule has 3 aliphatic heterocycles. The number of para-hydroxylation sites is 1. The van der Waals surface area contributed by atoms with E-state index in [1.807, 2.05) is 17.0 Å². The summed E-state index contributed by atoms with van der Waals surface area (Å²) in [6, 6.07) is 7.97. The van der Waals surface area contributed by atoms with Gasteiger partial charge in [-0.25, -0.2) is 0 Å². The topological polar surface area (TPSA) is 76.2 Å². The molecule has 0 aliphatic carbocycles. The number of anilines is 2. The summed E-state index contributed by atoms with van der Waals surface area (Å²) in [5.74, 6) is 0.233. The zero-order chi connectivity index (χ0) is 25.3. The number of carbonyl (C=O) groups excluding carboxylic acids is 1. The number of hydrogen-bond acceptors (Lipinski definition) is 7. The van der Waals surface area contributed by atoms with Crippen LogP contribution in [-0.4, -0.2) is 67.3 Å². The minimum absolute atomic E-state index is 0.0419. The minimum atomic E-state index is -4.75. The monoisotopic (exact) mass is 510 g/mol. The smallest absolute Gasteiger partial charge is 0.478 e. The number of aromatic nitrogens is 1. The highest BCUT2D eigenvalue weighted by Crippen LogP contribution is 2.50. The van der Waals surface area contributed by atoms with Crippen LogP contribution in [0.2, 0.25) is 0 Å². The third-order valence-electron chi connectivity index (χ3n) is 6.43. The van der Waals surface area contributed by atoms with Crippen molar-refractivity contribution < 1.29 is 36.6 Å². The molecule has 0 atom stereocenters. The van der Waals surface area contributed by atoms with E-state index < -0.39 is 18.0 Å². The Labute approximate surface area is 205 Å². The van der Waals surface area contributed by atoms with Gasteiger partial charge in [-0.3, -0.25) is 9.69 Å². The Balaban J connectivity index is 1.07. The number of nitrogens with one attached hydrogen (secondary N) is 1. The van der Waals surface area contributed by atoms with Crippen molar-refractivity contribution in [1.82, 2.24) is 9.88 Å². The number of nitrogens with zero attached hydrogens (tertiary/aromatic N) is 3. The number of carbonyl (C=O) groups is 1. The number of amides is 1. The normalized spacial score (nSPS) is 20.4. The van der Waals surface area contributed by atoms with E-state index in [1.165, 1.54) is 12.1 Å². The van der Waals surface area contributed by atoms with Crippen molar-refractivity contribution in [3.8, 4) is 17.4 Å². The van der Waals surface area contributed by atoms with E-state index in [4.69, 9.17) is 4.74 Å². The van der Waals surface area contributed by atoms with Crippen molar-refractivity contribution in [2.24, 2.45) is 0 Å². The zero-order valence-corrected chi connectivity index (χ0v) is 19.4. The Kier molecular flexibility index (Phi) is 6.54.